The summed E-state index contributed by atoms with van der Waals surface area (Å²) in [6.07, 6.45) is 3.64. The molecule has 2 aliphatic rings. The number of aliphatic carboxylic acids is 1. The van der Waals surface area contributed by atoms with Crippen LogP contribution in [0.3, 0.4) is 0 Å². The number of nitrogens with zero attached hydrogens (tertiary/aromatic N) is 6. The molecule has 4 aromatic heterocycles. The predicted molar refractivity (Wildman–Crippen MR) is 178 cm³/mol. The molecule has 0 aromatic carbocycles. The number of amides is 1. The summed E-state index contributed by atoms with van der Waals surface area (Å²) in [5, 5.41) is 11.8. The number of rotatable bonds is 12. The van der Waals surface area contributed by atoms with E-state index >= 15 is 0 Å². The number of likely N-dealkylation sites (N-methyl/N-ethyl adjacent to an activating group) is 1. The molecule has 15 heteroatoms. The lowest BCUT2D eigenvalue weighted by Crippen LogP contribution is -2.40. The van der Waals surface area contributed by atoms with Gasteiger partial charge in [0, 0.05) is 50.3 Å². The number of hydrogen-bond donors (Lipinski definition) is 3. The Morgan fingerprint density at radius 2 is 1.82 bits per heavy atom. The summed E-state index contributed by atoms with van der Waals surface area (Å²) in [5.41, 5.74) is 1.90. The van der Waals surface area contributed by atoms with Gasteiger partial charge in [-0.15, -0.1) is 0 Å². The van der Waals surface area contributed by atoms with E-state index in [-0.39, 0.29) is 40.7 Å². The Kier molecular flexibility index (Phi) is 9.47. The van der Waals surface area contributed by atoms with Gasteiger partial charge in [-0.2, -0.15) is 18.2 Å². The Morgan fingerprint density at radius 3 is 2.45 bits per heavy atom. The van der Waals surface area contributed by atoms with Gasteiger partial charge in [0.25, 0.3) is 5.91 Å². The first kappa shape index (κ1) is 34.1. The van der Waals surface area contributed by atoms with Crippen molar-refractivity contribution in [3.05, 3.63) is 53.6 Å². The summed E-state index contributed by atoms with van der Waals surface area (Å²) in [7, 11) is 5.22. The van der Waals surface area contributed by atoms with Gasteiger partial charge in [-0.25, -0.2) is 15.0 Å². The smallest absolute Gasteiger partial charge is 0.433 e. The van der Waals surface area contributed by atoms with Crippen LogP contribution in [0.15, 0.2) is 36.5 Å². The summed E-state index contributed by atoms with van der Waals surface area (Å²) in [4.78, 5) is 48.3. The molecule has 0 radical (unpaired) electrons. The number of anilines is 3. The van der Waals surface area contributed by atoms with Crippen LogP contribution < -0.4 is 15.1 Å². The van der Waals surface area contributed by atoms with E-state index in [1.54, 1.807) is 32.4 Å². The van der Waals surface area contributed by atoms with Crippen LogP contribution in [0.2, 0.25) is 0 Å². The number of methoxy groups -OCH3 is 1. The number of ether oxygens (including phenoxy) is 1. The van der Waals surface area contributed by atoms with Crippen molar-refractivity contribution in [3.8, 4) is 11.3 Å². The topological polar surface area (TPSA) is 149 Å². The van der Waals surface area contributed by atoms with E-state index in [0.29, 0.717) is 41.4 Å². The Labute approximate surface area is 281 Å². The van der Waals surface area contributed by atoms with Crippen molar-refractivity contribution in [2.24, 2.45) is 5.41 Å². The second-order valence-corrected chi connectivity index (χ2v) is 13.2. The molecule has 2 aliphatic carbocycles. The molecule has 0 atom stereocenters. The van der Waals surface area contributed by atoms with Gasteiger partial charge in [-0.3, -0.25) is 14.9 Å². The van der Waals surface area contributed by atoms with Gasteiger partial charge in [0.2, 0.25) is 5.95 Å². The largest absolute Gasteiger partial charge is 0.480 e. The molecule has 0 bridgehead atoms. The SMILES string of the molecule is COCC1(CN(C)c2cc(-c3cc(C4CC4)nc(C(F)(F)F)c3)nc3nc(NC(=O)c4ccc(N(C)CC(=O)O)cn4)[nH]c23)CCCCC1. The van der Waals surface area contributed by atoms with Crippen molar-refractivity contribution in [2.75, 3.05) is 56.0 Å². The number of fused-ring (bicyclic) bond motifs is 1. The van der Waals surface area contributed by atoms with Crippen LogP contribution in [0.1, 0.15) is 72.7 Å². The zero-order chi connectivity index (χ0) is 34.9. The first-order valence-corrected chi connectivity index (χ1v) is 16.2. The summed E-state index contributed by atoms with van der Waals surface area (Å²) in [6, 6.07) is 7.52. The van der Waals surface area contributed by atoms with Gasteiger partial charge < -0.3 is 24.6 Å². The minimum Gasteiger partial charge on any atom is -0.480 e. The van der Waals surface area contributed by atoms with E-state index < -0.39 is 23.7 Å². The van der Waals surface area contributed by atoms with Crippen molar-refractivity contribution >= 4 is 40.4 Å². The number of carbonyl (C=O) groups excluding carboxylic acids is 1. The lowest BCUT2D eigenvalue weighted by molar-refractivity contribution is -0.141. The summed E-state index contributed by atoms with van der Waals surface area (Å²) in [6.45, 7) is 0.971. The highest BCUT2D eigenvalue weighted by Gasteiger charge is 2.37. The van der Waals surface area contributed by atoms with Crippen LogP contribution in [-0.2, 0) is 15.7 Å². The van der Waals surface area contributed by atoms with Crippen LogP contribution in [0.5, 0.6) is 0 Å². The van der Waals surface area contributed by atoms with Crippen molar-refractivity contribution < 1.29 is 32.6 Å². The maximum atomic E-state index is 14.0. The van der Waals surface area contributed by atoms with Crippen LogP contribution >= 0.6 is 0 Å². The lowest BCUT2D eigenvalue weighted by Gasteiger charge is -2.40. The number of nitrogens with one attached hydrogen (secondary N) is 2. The predicted octanol–water partition coefficient (Wildman–Crippen LogP) is 6.12. The van der Waals surface area contributed by atoms with Gasteiger partial charge in [-0.1, -0.05) is 19.3 Å². The fraction of sp³-hybridized carbons (Fsp3) is 0.471. The highest BCUT2D eigenvalue weighted by Crippen LogP contribution is 2.43. The molecule has 4 heterocycles. The van der Waals surface area contributed by atoms with Crippen molar-refractivity contribution in [1.82, 2.24) is 24.9 Å². The fourth-order valence-electron chi connectivity index (χ4n) is 6.67. The maximum absolute atomic E-state index is 14.0. The Morgan fingerprint density at radius 1 is 1.06 bits per heavy atom. The molecule has 260 valence electrons. The monoisotopic (exact) mass is 680 g/mol. The zero-order valence-electron chi connectivity index (χ0n) is 27.6. The average molecular weight is 681 g/mol. The minimum absolute atomic E-state index is 0.0143. The van der Waals surface area contributed by atoms with Gasteiger partial charge in [0.05, 0.1) is 29.9 Å². The van der Waals surface area contributed by atoms with Crippen LogP contribution in [0, 0.1) is 5.41 Å². The number of carboxylic acids is 1. The number of carbonyl (C=O) groups is 2. The Bertz CT molecular complexity index is 1830. The molecule has 2 saturated carbocycles. The van der Waals surface area contributed by atoms with Gasteiger partial charge in [-0.05, 0) is 56.0 Å². The second kappa shape index (κ2) is 13.6. The van der Waals surface area contributed by atoms with E-state index in [0.717, 1.165) is 51.0 Å². The molecule has 1 amide bonds. The highest BCUT2D eigenvalue weighted by atomic mass is 19.4. The van der Waals surface area contributed by atoms with Crippen molar-refractivity contribution in [3.63, 3.8) is 0 Å². The first-order chi connectivity index (χ1) is 23.3. The average Bonchev–Trinajstić information content (AvgIpc) is 3.83. The molecule has 0 spiro atoms. The number of imidazole rings is 1. The van der Waals surface area contributed by atoms with Crippen LogP contribution in [-0.4, -0.2) is 82.8 Å². The summed E-state index contributed by atoms with van der Waals surface area (Å²) >= 11 is 0. The molecule has 12 nitrogen and oxygen atoms in total. The van der Waals surface area contributed by atoms with E-state index in [9.17, 15) is 22.8 Å². The highest BCUT2D eigenvalue weighted by molar-refractivity contribution is 6.03. The molecule has 6 rings (SSSR count). The maximum Gasteiger partial charge on any atom is 0.433 e. The molecule has 4 aromatic rings. The van der Waals surface area contributed by atoms with Crippen LogP contribution in [0.4, 0.5) is 30.5 Å². The number of aromatic amines is 1. The van der Waals surface area contributed by atoms with Crippen molar-refractivity contribution in [2.45, 2.75) is 57.0 Å². The normalized spacial score (nSPS) is 16.0. The van der Waals surface area contributed by atoms with Gasteiger partial charge >= 0.3 is 12.1 Å². The van der Waals surface area contributed by atoms with Gasteiger partial charge in [0.15, 0.2) is 5.65 Å². The number of carboxylic acid groups (broad SMARTS) is 1. The summed E-state index contributed by atoms with van der Waals surface area (Å²) < 4.78 is 47.6. The Balaban J connectivity index is 1.37. The molecular formula is C34H39F3N8O4. The van der Waals surface area contributed by atoms with E-state index in [1.165, 1.54) is 17.2 Å². The summed E-state index contributed by atoms with van der Waals surface area (Å²) in [5.74, 6) is -1.50. The second-order valence-electron chi connectivity index (χ2n) is 13.2. The minimum atomic E-state index is -4.63. The zero-order valence-corrected chi connectivity index (χ0v) is 27.6. The van der Waals surface area contributed by atoms with Crippen LogP contribution in [0.25, 0.3) is 22.4 Å². The molecule has 0 aliphatic heterocycles. The van der Waals surface area contributed by atoms with E-state index in [1.807, 2.05) is 7.05 Å². The third-order valence-electron chi connectivity index (χ3n) is 9.24. The Hall–Kier alpha value is -4.79. The standard InChI is InChI=1S/C34H39F3N8O4/c1-44(17-28(46)47)22-9-10-23(38-16-22)31(48)43-32-41-29-26(45(2)18-33(19-49-3)11-5-4-6-12-33)15-25(40-30(29)42-32)21-13-24(20-7-8-20)39-27(14-21)34(35,36)37/h9-10,13-16,20H,4-8,11-12,17-19H2,1-3H3,(H,46,47)(H2,40,41,42,43,48). The van der Waals surface area contributed by atoms with Crippen molar-refractivity contribution in [1.29, 1.82) is 0 Å². The molecule has 49 heavy (non-hydrogen) atoms. The number of aromatic nitrogens is 5. The van der Waals surface area contributed by atoms with E-state index in [4.69, 9.17) is 9.84 Å². The molecule has 0 saturated heterocycles. The third kappa shape index (κ3) is 7.77. The number of H-pyrrole nitrogens is 1. The van der Waals surface area contributed by atoms with E-state index in [2.05, 4.69) is 35.1 Å². The number of pyridine rings is 3. The molecule has 2 fully saturated rings. The van der Waals surface area contributed by atoms with Gasteiger partial charge in [0.1, 0.15) is 23.4 Å². The third-order valence-corrected chi connectivity index (χ3v) is 9.24. The fourth-order valence-corrected chi connectivity index (χ4v) is 6.67. The number of halogens is 3. The molecule has 3 N–H and O–H groups in total. The number of hydrogen-bond acceptors (Lipinski definition) is 9. The first-order valence-electron chi connectivity index (χ1n) is 16.2. The quantitative estimate of drug-likeness (QED) is 0.160. The molecule has 0 unspecified atom stereocenters. The molecular weight excluding hydrogens is 641 g/mol. The lowest BCUT2D eigenvalue weighted by atomic mass is 9.74. The number of alkyl halides is 3.